The molecule has 148 valence electrons. The second-order valence-corrected chi connectivity index (χ2v) is 7.64. The molecule has 1 atom stereocenters. The van der Waals surface area contributed by atoms with Gasteiger partial charge in [0.05, 0.1) is 11.9 Å². The van der Waals surface area contributed by atoms with Crippen molar-refractivity contribution in [2.45, 2.75) is 57.9 Å². The molecule has 28 heavy (non-hydrogen) atoms. The fourth-order valence-electron chi connectivity index (χ4n) is 3.48. The van der Waals surface area contributed by atoms with Crippen molar-refractivity contribution in [3.63, 3.8) is 0 Å². The number of hydrogen-bond acceptors (Lipinski definition) is 3. The van der Waals surface area contributed by atoms with Gasteiger partial charge in [-0.2, -0.15) is 5.10 Å². The maximum atomic E-state index is 13.3. The molecule has 5 heteroatoms. The molecule has 0 saturated carbocycles. The molecule has 0 spiro atoms. The van der Waals surface area contributed by atoms with E-state index in [0.29, 0.717) is 5.92 Å². The van der Waals surface area contributed by atoms with Crippen LogP contribution in [0.1, 0.15) is 58.1 Å². The Bertz CT molecular complexity index is 897. The summed E-state index contributed by atoms with van der Waals surface area (Å²) in [6.07, 6.45) is 7.61. The van der Waals surface area contributed by atoms with E-state index in [-0.39, 0.29) is 11.4 Å². The number of aromatic amines is 1. The summed E-state index contributed by atoms with van der Waals surface area (Å²) in [7, 11) is 0. The smallest absolute Gasteiger partial charge is 0.123 e. The van der Waals surface area contributed by atoms with E-state index in [0.717, 1.165) is 53.8 Å². The Kier molecular flexibility index (Phi) is 6.25. The van der Waals surface area contributed by atoms with Gasteiger partial charge in [-0.25, -0.2) is 4.39 Å². The normalized spacial score (nSPS) is 12.9. The Morgan fingerprint density at radius 3 is 2.50 bits per heavy atom. The average molecular weight is 381 g/mol. The molecule has 0 bridgehead atoms. The van der Waals surface area contributed by atoms with Crippen LogP contribution in [-0.2, 0) is 0 Å². The third-order valence-electron chi connectivity index (χ3n) is 5.85. The lowest BCUT2D eigenvalue weighted by Gasteiger charge is -2.28. The molecule has 1 unspecified atom stereocenters. The van der Waals surface area contributed by atoms with E-state index in [4.69, 9.17) is 5.73 Å². The number of nitrogens with two attached hydrogens (primary N) is 1. The zero-order valence-corrected chi connectivity index (χ0v) is 16.9. The van der Waals surface area contributed by atoms with Crippen molar-refractivity contribution in [3.8, 4) is 22.4 Å². The highest BCUT2D eigenvalue weighted by atomic mass is 19.1. The molecular weight excluding hydrogens is 351 g/mol. The van der Waals surface area contributed by atoms with Crippen LogP contribution in [0.4, 0.5) is 4.39 Å². The maximum Gasteiger partial charge on any atom is 0.123 e. The minimum atomic E-state index is -0.250. The maximum absolute atomic E-state index is 13.3. The van der Waals surface area contributed by atoms with Crippen LogP contribution >= 0.6 is 0 Å². The van der Waals surface area contributed by atoms with Gasteiger partial charge in [-0.3, -0.25) is 10.1 Å². The van der Waals surface area contributed by atoms with E-state index in [1.54, 1.807) is 12.1 Å². The molecule has 0 aliphatic rings. The number of pyridine rings is 1. The summed E-state index contributed by atoms with van der Waals surface area (Å²) in [5.41, 5.74) is 11.2. The van der Waals surface area contributed by atoms with E-state index in [1.165, 1.54) is 12.1 Å². The van der Waals surface area contributed by atoms with Crippen LogP contribution in [0, 0.1) is 5.82 Å². The molecule has 3 aromatic rings. The third-order valence-corrected chi connectivity index (χ3v) is 5.85. The molecule has 0 amide bonds. The summed E-state index contributed by atoms with van der Waals surface area (Å²) < 4.78 is 13.3. The number of H-pyrrole nitrogens is 1. The summed E-state index contributed by atoms with van der Waals surface area (Å²) in [6, 6.07) is 10.5. The molecule has 3 rings (SSSR count). The monoisotopic (exact) mass is 380 g/mol. The van der Waals surface area contributed by atoms with Gasteiger partial charge in [0, 0.05) is 28.6 Å². The zero-order chi connectivity index (χ0) is 20.1. The Balaban J connectivity index is 1.83. The van der Waals surface area contributed by atoms with Crippen molar-refractivity contribution in [2.24, 2.45) is 5.73 Å². The second kappa shape index (κ2) is 8.65. The number of rotatable bonds is 8. The van der Waals surface area contributed by atoms with Gasteiger partial charge in [0.1, 0.15) is 5.82 Å². The Labute approximate surface area is 166 Å². The van der Waals surface area contributed by atoms with Crippen LogP contribution in [0.2, 0.25) is 0 Å². The molecule has 0 aliphatic carbocycles. The first kappa shape index (κ1) is 20.2. The van der Waals surface area contributed by atoms with E-state index in [2.05, 4.69) is 42.0 Å². The van der Waals surface area contributed by atoms with Gasteiger partial charge < -0.3 is 5.73 Å². The minimum absolute atomic E-state index is 0.0911. The molecule has 0 saturated heterocycles. The molecule has 0 radical (unpaired) electrons. The fourth-order valence-corrected chi connectivity index (χ4v) is 3.48. The first-order valence-corrected chi connectivity index (χ1v) is 10.00. The molecule has 1 aromatic carbocycles. The second-order valence-electron chi connectivity index (χ2n) is 7.64. The summed E-state index contributed by atoms with van der Waals surface area (Å²) >= 11 is 0. The highest BCUT2D eigenvalue weighted by molar-refractivity contribution is 5.80. The first-order valence-electron chi connectivity index (χ1n) is 10.00. The number of hydrogen-bond donors (Lipinski definition) is 2. The van der Waals surface area contributed by atoms with Crippen LogP contribution in [0.15, 0.2) is 48.8 Å². The van der Waals surface area contributed by atoms with E-state index in [9.17, 15) is 4.39 Å². The van der Waals surface area contributed by atoms with Crippen molar-refractivity contribution < 1.29 is 4.39 Å². The van der Waals surface area contributed by atoms with Crippen molar-refractivity contribution in [1.82, 2.24) is 15.2 Å². The molecule has 2 aromatic heterocycles. The van der Waals surface area contributed by atoms with Crippen molar-refractivity contribution in [2.75, 3.05) is 0 Å². The molecule has 4 nitrogen and oxygen atoms in total. The summed E-state index contributed by atoms with van der Waals surface area (Å²) in [6.45, 7) is 6.51. The van der Waals surface area contributed by atoms with Gasteiger partial charge in [-0.1, -0.05) is 20.8 Å². The molecule has 0 aliphatic heterocycles. The third kappa shape index (κ3) is 4.47. The molecule has 3 N–H and O–H groups in total. The number of benzene rings is 1. The van der Waals surface area contributed by atoms with E-state index in [1.807, 2.05) is 18.5 Å². The first-order chi connectivity index (χ1) is 13.5. The lowest BCUT2D eigenvalue weighted by molar-refractivity contribution is 0.346. The Hall–Kier alpha value is -2.53. The van der Waals surface area contributed by atoms with Crippen molar-refractivity contribution >= 4 is 0 Å². The van der Waals surface area contributed by atoms with Crippen molar-refractivity contribution in [1.29, 1.82) is 0 Å². The zero-order valence-electron chi connectivity index (χ0n) is 16.9. The summed E-state index contributed by atoms with van der Waals surface area (Å²) in [5.74, 6) is 0.0714. The summed E-state index contributed by atoms with van der Waals surface area (Å²) in [5, 5.41) is 7.25. The van der Waals surface area contributed by atoms with E-state index >= 15 is 0 Å². The number of aromatic nitrogens is 3. The minimum Gasteiger partial charge on any atom is -0.325 e. The number of nitrogens with one attached hydrogen (secondary N) is 1. The average Bonchev–Trinajstić information content (AvgIpc) is 3.22. The fraction of sp³-hybridized carbons (Fsp3) is 0.391. The lowest BCUT2D eigenvalue weighted by atomic mass is 9.85. The Morgan fingerprint density at radius 2 is 1.82 bits per heavy atom. The number of halogens is 1. The summed E-state index contributed by atoms with van der Waals surface area (Å²) in [4.78, 5) is 4.59. The van der Waals surface area contributed by atoms with Crippen LogP contribution in [-0.4, -0.2) is 20.7 Å². The predicted molar refractivity (Wildman–Crippen MR) is 112 cm³/mol. The van der Waals surface area contributed by atoms with Crippen molar-refractivity contribution in [3.05, 3.63) is 60.3 Å². The van der Waals surface area contributed by atoms with Crippen LogP contribution in [0.25, 0.3) is 22.4 Å². The van der Waals surface area contributed by atoms with Gasteiger partial charge in [-0.05, 0) is 73.6 Å². The van der Waals surface area contributed by atoms with Gasteiger partial charge in [0.25, 0.3) is 0 Å². The highest BCUT2D eigenvalue weighted by Crippen LogP contribution is 2.32. The van der Waals surface area contributed by atoms with Gasteiger partial charge in [0.2, 0.25) is 0 Å². The Morgan fingerprint density at radius 1 is 1.11 bits per heavy atom. The largest absolute Gasteiger partial charge is 0.325 e. The van der Waals surface area contributed by atoms with Crippen LogP contribution < -0.4 is 5.73 Å². The molecule has 0 fully saturated rings. The number of nitrogens with zero attached hydrogens (tertiary/aromatic N) is 2. The van der Waals surface area contributed by atoms with Crippen LogP contribution in [0.5, 0.6) is 0 Å². The highest BCUT2D eigenvalue weighted by Gasteiger charge is 2.22. The molecular formula is C23H29FN4. The predicted octanol–water partition coefficient (Wildman–Crippen LogP) is 5.68. The SMILES string of the molecule is CCC(N)(CC)CCC(C)c1cc(-c2cn[nH]c2-c2ccc(F)cc2)ccn1. The van der Waals surface area contributed by atoms with E-state index < -0.39 is 0 Å². The quantitative estimate of drug-likeness (QED) is 0.528. The van der Waals surface area contributed by atoms with Gasteiger partial charge in [0.15, 0.2) is 0 Å². The molecule has 2 heterocycles. The van der Waals surface area contributed by atoms with Gasteiger partial charge in [-0.15, -0.1) is 0 Å². The van der Waals surface area contributed by atoms with Gasteiger partial charge >= 0.3 is 0 Å². The van der Waals surface area contributed by atoms with Crippen LogP contribution in [0.3, 0.4) is 0 Å². The standard InChI is InChI=1S/C23H29FN4/c1-4-23(25,5-2)12-10-16(3)21-14-18(11-13-26-21)20-15-27-28-22(20)17-6-8-19(24)9-7-17/h6-9,11,13-16H,4-5,10,12,25H2,1-3H3,(H,27,28). The lowest BCUT2D eigenvalue weighted by Crippen LogP contribution is -2.38. The topological polar surface area (TPSA) is 67.6 Å².